The Morgan fingerprint density at radius 2 is 1.88 bits per heavy atom. The smallest absolute Gasteiger partial charge is 0.335 e. The molecular weight excluding hydrogens is 324 g/mol. The third-order valence-corrected chi connectivity index (χ3v) is 3.82. The highest BCUT2D eigenvalue weighted by Gasteiger charge is 2.10. The maximum atomic E-state index is 12.3. The van der Waals surface area contributed by atoms with Gasteiger partial charge in [-0.05, 0) is 35.9 Å². The van der Waals surface area contributed by atoms with E-state index >= 15 is 0 Å². The minimum Gasteiger partial charge on any atom is -0.493 e. The molecule has 7 nitrogen and oxygen atoms in total. The molecule has 128 valence electrons. The molecule has 0 saturated heterocycles. The quantitative estimate of drug-likeness (QED) is 0.738. The molecule has 0 saturated carbocycles. The average Bonchev–Trinajstić information content (AvgIpc) is 2.61. The molecule has 0 unspecified atom stereocenters. The number of methoxy groups -OCH3 is 2. The predicted octanol–water partition coefficient (Wildman–Crippen LogP) is 2.23. The Hall–Kier alpha value is -3.35. The molecule has 0 radical (unpaired) electrons. The molecule has 0 amide bonds. The van der Waals surface area contributed by atoms with Crippen molar-refractivity contribution in [3.63, 3.8) is 0 Å². The first-order valence-corrected chi connectivity index (χ1v) is 7.49. The van der Waals surface area contributed by atoms with Crippen LogP contribution in [0.4, 0.5) is 0 Å². The molecule has 0 fully saturated rings. The molecule has 1 aromatic heterocycles. The topological polar surface area (TPSA) is 102 Å². The van der Waals surface area contributed by atoms with Crippen LogP contribution in [0.5, 0.6) is 11.5 Å². The number of aromatic amines is 1. The molecule has 0 spiro atoms. The number of carboxylic acids is 1. The Labute approximate surface area is 142 Å². The van der Waals surface area contributed by atoms with Crippen molar-refractivity contribution in [3.05, 3.63) is 63.7 Å². The van der Waals surface area contributed by atoms with Gasteiger partial charge in [0.2, 0.25) is 0 Å². The van der Waals surface area contributed by atoms with Gasteiger partial charge in [-0.3, -0.25) is 4.79 Å². The third kappa shape index (κ3) is 3.30. The van der Waals surface area contributed by atoms with Gasteiger partial charge >= 0.3 is 5.97 Å². The summed E-state index contributed by atoms with van der Waals surface area (Å²) in [5.41, 5.74) is 1.02. The van der Waals surface area contributed by atoms with Crippen molar-refractivity contribution in [1.82, 2.24) is 9.97 Å². The predicted molar refractivity (Wildman–Crippen MR) is 91.7 cm³/mol. The maximum absolute atomic E-state index is 12.3. The molecule has 0 bridgehead atoms. The first-order valence-electron chi connectivity index (χ1n) is 7.49. The lowest BCUT2D eigenvalue weighted by Crippen LogP contribution is -2.13. The maximum Gasteiger partial charge on any atom is 0.335 e. The van der Waals surface area contributed by atoms with E-state index in [0.29, 0.717) is 29.3 Å². The fourth-order valence-corrected chi connectivity index (χ4v) is 2.59. The first kappa shape index (κ1) is 16.5. The second kappa shape index (κ2) is 6.64. The van der Waals surface area contributed by atoms with Crippen LogP contribution in [0.1, 0.15) is 21.7 Å². The Kier molecular flexibility index (Phi) is 4.38. The van der Waals surface area contributed by atoms with Gasteiger partial charge < -0.3 is 19.6 Å². The molecule has 1 heterocycles. The highest BCUT2D eigenvalue weighted by molar-refractivity contribution is 5.92. The van der Waals surface area contributed by atoms with Gasteiger partial charge in [-0.25, -0.2) is 9.78 Å². The Morgan fingerprint density at radius 1 is 1.12 bits per heavy atom. The summed E-state index contributed by atoms with van der Waals surface area (Å²) < 4.78 is 10.5. The van der Waals surface area contributed by atoms with Crippen LogP contribution in [0.15, 0.2) is 41.2 Å². The summed E-state index contributed by atoms with van der Waals surface area (Å²) in [5, 5.41) is 9.27. The average molecular weight is 340 g/mol. The summed E-state index contributed by atoms with van der Waals surface area (Å²) in [5.74, 6) is 0.602. The van der Waals surface area contributed by atoms with E-state index in [-0.39, 0.29) is 16.5 Å². The third-order valence-electron chi connectivity index (χ3n) is 3.82. The van der Waals surface area contributed by atoms with E-state index in [0.717, 1.165) is 5.56 Å². The summed E-state index contributed by atoms with van der Waals surface area (Å²) in [6, 6.07) is 9.75. The molecule has 2 aromatic carbocycles. The van der Waals surface area contributed by atoms with Crippen molar-refractivity contribution in [2.45, 2.75) is 6.42 Å². The highest BCUT2D eigenvalue weighted by atomic mass is 16.5. The summed E-state index contributed by atoms with van der Waals surface area (Å²) in [6.07, 6.45) is 0.395. The molecule has 0 aliphatic rings. The van der Waals surface area contributed by atoms with Crippen molar-refractivity contribution >= 4 is 16.9 Å². The number of rotatable bonds is 5. The van der Waals surface area contributed by atoms with E-state index in [1.54, 1.807) is 20.3 Å². The Bertz CT molecular complexity index is 1010. The number of nitrogens with zero attached hydrogens (tertiary/aromatic N) is 1. The normalized spacial score (nSPS) is 10.6. The number of benzene rings is 2. The van der Waals surface area contributed by atoms with E-state index < -0.39 is 5.97 Å². The van der Waals surface area contributed by atoms with Crippen molar-refractivity contribution in [1.29, 1.82) is 0 Å². The minimum absolute atomic E-state index is 0.0486. The number of nitrogens with one attached hydrogen (secondary N) is 1. The number of carboxylic acid groups (broad SMARTS) is 1. The molecule has 25 heavy (non-hydrogen) atoms. The van der Waals surface area contributed by atoms with Crippen LogP contribution in [-0.2, 0) is 6.42 Å². The summed E-state index contributed by atoms with van der Waals surface area (Å²) >= 11 is 0. The fourth-order valence-electron chi connectivity index (χ4n) is 2.59. The van der Waals surface area contributed by atoms with Gasteiger partial charge in [0, 0.05) is 6.42 Å². The first-order chi connectivity index (χ1) is 12.0. The lowest BCUT2D eigenvalue weighted by Gasteiger charge is -2.09. The van der Waals surface area contributed by atoms with Crippen LogP contribution >= 0.6 is 0 Å². The van der Waals surface area contributed by atoms with Crippen molar-refractivity contribution in [3.8, 4) is 11.5 Å². The molecule has 0 atom stereocenters. The largest absolute Gasteiger partial charge is 0.493 e. The SMILES string of the molecule is COc1ccc(Cc2nc3ccc(C(=O)O)cc3c(=O)[nH]2)cc1OC. The zero-order valence-electron chi connectivity index (χ0n) is 13.7. The van der Waals surface area contributed by atoms with Crippen LogP contribution in [0.3, 0.4) is 0 Å². The Balaban J connectivity index is 1.98. The molecule has 3 rings (SSSR count). The van der Waals surface area contributed by atoms with Gasteiger partial charge in [-0.2, -0.15) is 0 Å². The summed E-state index contributed by atoms with van der Waals surface area (Å²) in [7, 11) is 3.11. The minimum atomic E-state index is -1.09. The molecular formula is C18H16N2O5. The van der Waals surface area contributed by atoms with Crippen molar-refractivity contribution in [2.24, 2.45) is 0 Å². The van der Waals surface area contributed by atoms with Gasteiger partial charge in [0.15, 0.2) is 11.5 Å². The molecule has 2 N–H and O–H groups in total. The molecule has 7 heteroatoms. The van der Waals surface area contributed by atoms with E-state index in [1.807, 2.05) is 12.1 Å². The highest BCUT2D eigenvalue weighted by Crippen LogP contribution is 2.28. The van der Waals surface area contributed by atoms with E-state index in [1.165, 1.54) is 18.2 Å². The fraction of sp³-hybridized carbons (Fsp3) is 0.167. The van der Waals surface area contributed by atoms with E-state index in [4.69, 9.17) is 14.6 Å². The number of hydrogen-bond acceptors (Lipinski definition) is 5. The van der Waals surface area contributed by atoms with Gasteiger partial charge in [-0.1, -0.05) is 6.07 Å². The number of carbonyl (C=O) groups is 1. The van der Waals surface area contributed by atoms with Crippen LogP contribution in [0.25, 0.3) is 10.9 Å². The lowest BCUT2D eigenvalue weighted by molar-refractivity contribution is 0.0697. The number of aromatic carboxylic acids is 1. The van der Waals surface area contributed by atoms with Crippen LogP contribution in [0, 0.1) is 0 Å². The monoisotopic (exact) mass is 340 g/mol. The number of H-pyrrole nitrogens is 1. The second-order valence-electron chi connectivity index (χ2n) is 5.42. The number of aromatic nitrogens is 2. The molecule has 0 aliphatic heterocycles. The summed E-state index contributed by atoms with van der Waals surface area (Å²) in [6.45, 7) is 0. The van der Waals surface area contributed by atoms with Crippen LogP contribution in [-0.4, -0.2) is 35.3 Å². The van der Waals surface area contributed by atoms with E-state index in [2.05, 4.69) is 9.97 Å². The number of hydrogen-bond donors (Lipinski definition) is 2. The van der Waals surface area contributed by atoms with Gasteiger partial charge in [0.05, 0.1) is 30.7 Å². The van der Waals surface area contributed by atoms with E-state index in [9.17, 15) is 9.59 Å². The van der Waals surface area contributed by atoms with Gasteiger partial charge in [0.1, 0.15) is 5.82 Å². The number of ether oxygens (including phenoxy) is 2. The van der Waals surface area contributed by atoms with Crippen molar-refractivity contribution < 1.29 is 19.4 Å². The standard InChI is InChI=1S/C18H16N2O5/c1-24-14-6-3-10(7-15(14)25-2)8-16-19-13-5-4-11(18(22)23)9-12(13)17(21)20-16/h3-7,9H,8H2,1-2H3,(H,22,23)(H,19,20,21). The molecule has 0 aliphatic carbocycles. The Morgan fingerprint density at radius 3 is 2.56 bits per heavy atom. The van der Waals surface area contributed by atoms with Gasteiger partial charge in [0.25, 0.3) is 5.56 Å². The van der Waals surface area contributed by atoms with Crippen LogP contribution < -0.4 is 15.0 Å². The zero-order valence-corrected chi connectivity index (χ0v) is 13.7. The number of fused-ring (bicyclic) bond motifs is 1. The van der Waals surface area contributed by atoms with Crippen LogP contribution in [0.2, 0.25) is 0 Å². The second-order valence-corrected chi connectivity index (χ2v) is 5.42. The summed E-state index contributed by atoms with van der Waals surface area (Å²) in [4.78, 5) is 30.4. The lowest BCUT2D eigenvalue weighted by atomic mass is 10.1. The van der Waals surface area contributed by atoms with Crippen molar-refractivity contribution in [2.75, 3.05) is 14.2 Å². The zero-order chi connectivity index (χ0) is 18.0. The molecule has 3 aromatic rings. The van der Waals surface area contributed by atoms with Gasteiger partial charge in [-0.15, -0.1) is 0 Å².